The van der Waals surface area contributed by atoms with Gasteiger partial charge in [0.2, 0.25) is 5.91 Å². The molecule has 0 saturated heterocycles. The van der Waals surface area contributed by atoms with E-state index in [0.29, 0.717) is 25.6 Å². The third kappa shape index (κ3) is 9.09. The maximum Gasteiger partial charge on any atom is 0.238 e. The molecule has 1 atom stereocenters. The predicted octanol–water partition coefficient (Wildman–Crippen LogP) is 3.62. The zero-order chi connectivity index (χ0) is 19.2. The van der Waals surface area contributed by atoms with E-state index in [1.807, 2.05) is 43.3 Å². The molecule has 0 radical (unpaired) electrons. The summed E-state index contributed by atoms with van der Waals surface area (Å²) in [4.78, 5) is 12.5. The highest BCUT2D eigenvalue weighted by atomic mass is 32.2. The maximum atomic E-state index is 12.5. The largest absolute Gasteiger partial charge is 0.367 e. The molecule has 0 heterocycles. The topological polar surface area (TPSA) is 50.4 Å². The fraction of sp³-hybridized carbons (Fsp3) is 0.409. The van der Waals surface area contributed by atoms with Gasteiger partial charge in [-0.3, -0.25) is 10.1 Å². The first-order chi connectivity index (χ1) is 13.3. The van der Waals surface area contributed by atoms with E-state index in [-0.39, 0.29) is 11.9 Å². The zero-order valence-corrected chi connectivity index (χ0v) is 16.8. The van der Waals surface area contributed by atoms with Gasteiger partial charge in [-0.05, 0) is 30.9 Å². The Hall–Kier alpha value is -1.82. The molecule has 0 fully saturated rings. The number of ether oxygens (including phenoxy) is 1. The molecule has 0 aliphatic rings. The molecular formula is C22H30N2O2S. The third-order valence-corrected chi connectivity index (χ3v) is 5.24. The summed E-state index contributed by atoms with van der Waals surface area (Å²) < 4.78 is 5.36. The lowest BCUT2D eigenvalue weighted by atomic mass is 10.1. The SMILES string of the molecule is CCOCNC(CSCc1ccccc1)C(=O)NCCCc1ccccc1. The van der Waals surface area contributed by atoms with Gasteiger partial charge in [-0.1, -0.05) is 60.7 Å². The van der Waals surface area contributed by atoms with Crippen LogP contribution >= 0.6 is 11.8 Å². The van der Waals surface area contributed by atoms with E-state index in [0.717, 1.165) is 18.6 Å². The van der Waals surface area contributed by atoms with Crippen LogP contribution in [0, 0.1) is 0 Å². The molecule has 2 rings (SSSR count). The summed E-state index contributed by atoms with van der Waals surface area (Å²) in [6.07, 6.45) is 1.91. The lowest BCUT2D eigenvalue weighted by Gasteiger charge is -2.18. The number of amides is 1. The first-order valence-electron chi connectivity index (χ1n) is 9.54. The molecule has 2 aromatic rings. The smallest absolute Gasteiger partial charge is 0.238 e. The number of rotatable bonds is 13. The summed E-state index contributed by atoms with van der Waals surface area (Å²) in [6.45, 7) is 3.66. The minimum Gasteiger partial charge on any atom is -0.367 e. The molecule has 1 unspecified atom stereocenters. The van der Waals surface area contributed by atoms with Crippen molar-refractivity contribution in [2.24, 2.45) is 0 Å². The van der Waals surface area contributed by atoms with Crippen molar-refractivity contribution in [3.05, 3.63) is 71.8 Å². The quantitative estimate of drug-likeness (QED) is 0.408. The molecule has 0 aliphatic heterocycles. The highest BCUT2D eigenvalue weighted by molar-refractivity contribution is 7.98. The number of carbonyl (C=O) groups is 1. The highest BCUT2D eigenvalue weighted by Gasteiger charge is 2.17. The Labute approximate surface area is 167 Å². The highest BCUT2D eigenvalue weighted by Crippen LogP contribution is 2.13. The van der Waals surface area contributed by atoms with Gasteiger partial charge in [0.05, 0.1) is 12.8 Å². The second-order valence-corrected chi connectivity index (χ2v) is 7.31. The molecule has 27 heavy (non-hydrogen) atoms. The Kier molecular flexibility index (Phi) is 10.6. The van der Waals surface area contributed by atoms with Gasteiger partial charge in [-0.15, -0.1) is 0 Å². The number of thioether (sulfide) groups is 1. The Morgan fingerprint density at radius 3 is 2.37 bits per heavy atom. The Balaban J connectivity index is 1.72. The van der Waals surface area contributed by atoms with E-state index in [4.69, 9.17) is 4.74 Å². The molecule has 0 saturated carbocycles. The lowest BCUT2D eigenvalue weighted by Crippen LogP contribution is -2.47. The van der Waals surface area contributed by atoms with Crippen molar-refractivity contribution >= 4 is 17.7 Å². The van der Waals surface area contributed by atoms with Crippen molar-refractivity contribution in [3.8, 4) is 0 Å². The Morgan fingerprint density at radius 1 is 1.04 bits per heavy atom. The summed E-state index contributed by atoms with van der Waals surface area (Å²) in [5.74, 6) is 1.66. The summed E-state index contributed by atoms with van der Waals surface area (Å²) in [7, 11) is 0. The van der Waals surface area contributed by atoms with Crippen LogP contribution in [-0.4, -0.2) is 37.6 Å². The van der Waals surface area contributed by atoms with Crippen LogP contribution in [0.25, 0.3) is 0 Å². The van der Waals surface area contributed by atoms with Gasteiger partial charge in [0, 0.05) is 24.7 Å². The van der Waals surface area contributed by atoms with Crippen molar-refractivity contribution in [3.63, 3.8) is 0 Å². The number of nitrogens with one attached hydrogen (secondary N) is 2. The minimum absolute atomic E-state index is 0.0447. The van der Waals surface area contributed by atoms with Crippen LogP contribution in [-0.2, 0) is 21.7 Å². The Morgan fingerprint density at radius 2 is 1.70 bits per heavy atom. The van der Waals surface area contributed by atoms with E-state index in [1.54, 1.807) is 11.8 Å². The van der Waals surface area contributed by atoms with Gasteiger partial charge in [-0.25, -0.2) is 0 Å². The third-order valence-electron chi connectivity index (χ3n) is 4.13. The average molecular weight is 387 g/mol. The zero-order valence-electron chi connectivity index (χ0n) is 16.0. The fourth-order valence-corrected chi connectivity index (χ4v) is 3.68. The van der Waals surface area contributed by atoms with E-state index < -0.39 is 0 Å². The molecule has 0 bridgehead atoms. The van der Waals surface area contributed by atoms with Crippen LogP contribution in [0.3, 0.4) is 0 Å². The van der Waals surface area contributed by atoms with Crippen LogP contribution in [0.1, 0.15) is 24.5 Å². The minimum atomic E-state index is -0.248. The van der Waals surface area contributed by atoms with Crippen LogP contribution in [0.15, 0.2) is 60.7 Å². The van der Waals surface area contributed by atoms with E-state index in [1.165, 1.54) is 11.1 Å². The first kappa shape index (κ1) is 21.5. The number of aryl methyl sites for hydroxylation is 1. The molecule has 5 heteroatoms. The summed E-state index contributed by atoms with van der Waals surface area (Å²) in [6, 6.07) is 20.4. The van der Waals surface area contributed by atoms with Gasteiger partial charge in [0.1, 0.15) is 0 Å². The lowest BCUT2D eigenvalue weighted by molar-refractivity contribution is -0.123. The normalized spacial score (nSPS) is 11.9. The predicted molar refractivity (Wildman–Crippen MR) is 114 cm³/mol. The Bertz CT molecular complexity index is 637. The monoisotopic (exact) mass is 386 g/mol. The van der Waals surface area contributed by atoms with Gasteiger partial charge in [-0.2, -0.15) is 11.8 Å². The van der Waals surface area contributed by atoms with E-state index in [2.05, 4.69) is 34.9 Å². The van der Waals surface area contributed by atoms with Crippen molar-refractivity contribution in [2.75, 3.05) is 25.6 Å². The molecule has 1 amide bonds. The average Bonchev–Trinajstić information content (AvgIpc) is 2.71. The van der Waals surface area contributed by atoms with E-state index >= 15 is 0 Å². The van der Waals surface area contributed by atoms with Gasteiger partial charge in [0.25, 0.3) is 0 Å². The molecule has 2 aromatic carbocycles. The standard InChI is InChI=1S/C22H30N2O2S/c1-2-26-18-24-21(17-27-16-20-12-7-4-8-13-20)22(25)23-15-9-14-19-10-5-3-6-11-19/h3-8,10-13,21,24H,2,9,14-18H2,1H3,(H,23,25). The molecule has 2 N–H and O–H groups in total. The first-order valence-corrected chi connectivity index (χ1v) is 10.7. The fourth-order valence-electron chi connectivity index (χ4n) is 2.63. The van der Waals surface area contributed by atoms with Crippen LogP contribution in [0.4, 0.5) is 0 Å². The number of benzene rings is 2. The van der Waals surface area contributed by atoms with E-state index in [9.17, 15) is 4.79 Å². The van der Waals surface area contributed by atoms with Crippen molar-refractivity contribution in [2.45, 2.75) is 31.6 Å². The summed E-state index contributed by atoms with van der Waals surface area (Å²) in [5.41, 5.74) is 2.57. The van der Waals surface area contributed by atoms with Gasteiger partial charge >= 0.3 is 0 Å². The van der Waals surface area contributed by atoms with Crippen LogP contribution in [0.5, 0.6) is 0 Å². The maximum absolute atomic E-state index is 12.5. The second-order valence-electron chi connectivity index (χ2n) is 6.27. The molecular weight excluding hydrogens is 356 g/mol. The van der Waals surface area contributed by atoms with Crippen LogP contribution < -0.4 is 10.6 Å². The van der Waals surface area contributed by atoms with Crippen molar-refractivity contribution in [1.29, 1.82) is 0 Å². The summed E-state index contributed by atoms with van der Waals surface area (Å²) >= 11 is 1.76. The van der Waals surface area contributed by atoms with Gasteiger partial charge in [0.15, 0.2) is 0 Å². The number of carbonyl (C=O) groups excluding carboxylic acids is 1. The number of hydrogen-bond donors (Lipinski definition) is 2. The van der Waals surface area contributed by atoms with Crippen molar-refractivity contribution < 1.29 is 9.53 Å². The molecule has 146 valence electrons. The molecule has 0 aliphatic carbocycles. The molecule has 0 spiro atoms. The number of hydrogen-bond acceptors (Lipinski definition) is 4. The second kappa shape index (κ2) is 13.4. The summed E-state index contributed by atoms with van der Waals surface area (Å²) in [5, 5.41) is 6.27. The molecule has 4 nitrogen and oxygen atoms in total. The molecule has 0 aromatic heterocycles. The van der Waals surface area contributed by atoms with Crippen LogP contribution in [0.2, 0.25) is 0 Å². The van der Waals surface area contributed by atoms with Crippen molar-refractivity contribution in [1.82, 2.24) is 10.6 Å². The van der Waals surface area contributed by atoms with Gasteiger partial charge < -0.3 is 10.1 Å².